The lowest BCUT2D eigenvalue weighted by atomic mass is 10.1. The predicted octanol–water partition coefficient (Wildman–Crippen LogP) is 4.33. The molecule has 0 bridgehead atoms. The zero-order chi connectivity index (χ0) is 18.6. The fraction of sp³-hybridized carbons (Fsp3) is 0.0526. The molecule has 0 fully saturated rings. The van der Waals surface area contributed by atoms with E-state index in [2.05, 4.69) is 48.4 Å². The van der Waals surface area contributed by atoms with Crippen LogP contribution in [0.25, 0.3) is 5.69 Å². The fourth-order valence-electron chi connectivity index (χ4n) is 2.53. The van der Waals surface area contributed by atoms with Crippen molar-refractivity contribution in [2.75, 3.05) is 5.32 Å². The van der Waals surface area contributed by atoms with Crippen molar-refractivity contribution in [2.24, 2.45) is 0 Å². The lowest BCUT2D eigenvalue weighted by molar-refractivity contribution is 0.102. The van der Waals surface area contributed by atoms with Crippen molar-refractivity contribution in [1.82, 2.24) is 19.7 Å². The Kier molecular flexibility index (Phi) is 5.08. The first-order valence-corrected chi connectivity index (χ1v) is 9.74. The summed E-state index contributed by atoms with van der Waals surface area (Å²) in [5.41, 5.74) is 2.60. The van der Waals surface area contributed by atoms with E-state index in [1.54, 1.807) is 29.3 Å². The third-order valence-electron chi connectivity index (χ3n) is 3.88. The molecule has 0 atom stereocenters. The van der Waals surface area contributed by atoms with Crippen molar-refractivity contribution in [1.29, 1.82) is 0 Å². The zero-order valence-corrected chi connectivity index (χ0v) is 16.4. The molecule has 0 unspecified atom stereocenters. The largest absolute Gasteiger partial charge is 0.298 e. The molecule has 0 saturated heterocycles. The molecule has 27 heavy (non-hydrogen) atoms. The molecule has 8 heteroatoms. The molecule has 1 N–H and O–H groups in total. The van der Waals surface area contributed by atoms with Gasteiger partial charge in [0.15, 0.2) is 5.13 Å². The summed E-state index contributed by atoms with van der Waals surface area (Å²) in [6.45, 7) is 0. The Bertz CT molecular complexity index is 1040. The Hall–Kier alpha value is -2.84. The predicted molar refractivity (Wildman–Crippen MR) is 108 cm³/mol. The molecule has 6 nitrogen and oxygen atoms in total. The number of nitrogens with zero attached hydrogens (tertiary/aromatic N) is 4. The molecule has 134 valence electrons. The molecular weight excluding hydrogens is 426 g/mol. The highest BCUT2D eigenvalue weighted by Crippen LogP contribution is 2.22. The number of carbonyl (C=O) groups is 1. The van der Waals surface area contributed by atoms with Crippen molar-refractivity contribution >= 4 is 38.3 Å². The number of anilines is 1. The number of thiazole rings is 1. The highest BCUT2D eigenvalue weighted by molar-refractivity contribution is 9.10. The van der Waals surface area contributed by atoms with Gasteiger partial charge in [-0.15, -0.1) is 11.3 Å². The molecule has 2 aromatic carbocycles. The first-order valence-electron chi connectivity index (χ1n) is 8.13. The van der Waals surface area contributed by atoms with Crippen molar-refractivity contribution in [3.63, 3.8) is 0 Å². The van der Waals surface area contributed by atoms with E-state index in [4.69, 9.17) is 0 Å². The van der Waals surface area contributed by atoms with E-state index in [1.165, 1.54) is 23.2 Å². The van der Waals surface area contributed by atoms with Crippen LogP contribution in [-0.4, -0.2) is 25.7 Å². The maximum atomic E-state index is 12.4. The summed E-state index contributed by atoms with van der Waals surface area (Å²) < 4.78 is 2.69. The van der Waals surface area contributed by atoms with Crippen LogP contribution in [0.5, 0.6) is 0 Å². The average Bonchev–Trinajstić information content (AvgIpc) is 3.36. The Morgan fingerprint density at radius 3 is 2.59 bits per heavy atom. The molecule has 4 aromatic rings. The van der Waals surface area contributed by atoms with Crippen LogP contribution in [0.2, 0.25) is 0 Å². The van der Waals surface area contributed by atoms with Crippen LogP contribution >= 0.6 is 27.3 Å². The second kappa shape index (κ2) is 7.81. The summed E-state index contributed by atoms with van der Waals surface area (Å²) in [5, 5.41) is 7.51. The first kappa shape index (κ1) is 17.6. The normalized spacial score (nSPS) is 10.7. The first-order chi connectivity index (χ1) is 13.2. The third-order valence-corrected chi connectivity index (χ3v) is 5.32. The third kappa shape index (κ3) is 4.29. The lowest BCUT2D eigenvalue weighted by Gasteiger charge is -2.04. The monoisotopic (exact) mass is 439 g/mol. The van der Waals surface area contributed by atoms with Crippen molar-refractivity contribution < 1.29 is 4.79 Å². The van der Waals surface area contributed by atoms with Crippen LogP contribution in [0.4, 0.5) is 5.13 Å². The molecule has 0 radical (unpaired) electrons. The summed E-state index contributed by atoms with van der Waals surface area (Å²) in [7, 11) is 0. The van der Waals surface area contributed by atoms with Gasteiger partial charge in [-0.05, 0) is 42.0 Å². The Balaban J connectivity index is 1.41. The average molecular weight is 440 g/mol. The maximum Gasteiger partial charge on any atom is 0.257 e. The number of nitrogens with one attached hydrogen (secondary N) is 1. The van der Waals surface area contributed by atoms with Gasteiger partial charge in [0.2, 0.25) is 0 Å². The highest BCUT2D eigenvalue weighted by atomic mass is 79.9. The fourth-order valence-corrected chi connectivity index (χ4v) is 3.63. The molecule has 4 rings (SSSR count). The van der Waals surface area contributed by atoms with Crippen LogP contribution in [0.1, 0.15) is 20.8 Å². The summed E-state index contributed by atoms with van der Waals surface area (Å²) in [4.78, 5) is 21.7. The second-order valence-electron chi connectivity index (χ2n) is 5.78. The van der Waals surface area contributed by atoms with Crippen LogP contribution in [0, 0.1) is 0 Å². The van der Waals surface area contributed by atoms with Crippen molar-refractivity contribution in [2.45, 2.75) is 6.42 Å². The van der Waals surface area contributed by atoms with E-state index >= 15 is 0 Å². The molecule has 0 aliphatic heterocycles. The minimum Gasteiger partial charge on any atom is -0.298 e. The molecule has 0 saturated carbocycles. The standard InChI is InChI=1S/C19H14BrN5OS/c20-15-5-1-13(2-6-15)9-17-10-22-19(27-17)24-18(26)14-3-7-16(8-4-14)25-12-21-11-23-25/h1-8,10-12H,9H2,(H,22,24,26). The van der Waals surface area contributed by atoms with Gasteiger partial charge in [0, 0.05) is 27.5 Å². The number of halogens is 1. The van der Waals surface area contributed by atoms with Gasteiger partial charge in [-0.2, -0.15) is 5.10 Å². The molecule has 2 aromatic heterocycles. The van der Waals surface area contributed by atoms with Gasteiger partial charge in [-0.1, -0.05) is 28.1 Å². The van der Waals surface area contributed by atoms with Crippen molar-refractivity contribution in [3.05, 3.63) is 87.9 Å². The number of aromatic nitrogens is 4. The van der Waals surface area contributed by atoms with Crippen LogP contribution < -0.4 is 5.32 Å². The minimum absolute atomic E-state index is 0.190. The SMILES string of the molecule is O=C(Nc1ncc(Cc2ccc(Br)cc2)s1)c1ccc(-n2cncn2)cc1. The van der Waals surface area contributed by atoms with E-state index < -0.39 is 0 Å². The maximum absolute atomic E-state index is 12.4. The molecular formula is C19H14BrN5OS. The van der Waals surface area contributed by atoms with E-state index in [1.807, 2.05) is 24.3 Å². The summed E-state index contributed by atoms with van der Waals surface area (Å²) in [6, 6.07) is 15.3. The lowest BCUT2D eigenvalue weighted by Crippen LogP contribution is -2.11. The Morgan fingerprint density at radius 1 is 1.11 bits per heavy atom. The Labute approximate surface area is 168 Å². The number of amides is 1. The molecule has 0 aliphatic carbocycles. The van der Waals surface area contributed by atoms with Crippen LogP contribution in [-0.2, 0) is 6.42 Å². The molecule has 0 spiro atoms. The number of benzene rings is 2. The van der Waals surface area contributed by atoms with Gasteiger partial charge in [0.25, 0.3) is 5.91 Å². The van der Waals surface area contributed by atoms with Crippen LogP contribution in [0.15, 0.2) is 71.9 Å². The highest BCUT2D eigenvalue weighted by Gasteiger charge is 2.10. The van der Waals surface area contributed by atoms with Crippen LogP contribution in [0.3, 0.4) is 0 Å². The number of carbonyl (C=O) groups excluding carboxylic acids is 1. The van der Waals surface area contributed by atoms with E-state index in [0.29, 0.717) is 10.7 Å². The zero-order valence-electron chi connectivity index (χ0n) is 14.0. The topological polar surface area (TPSA) is 72.7 Å². The van der Waals surface area contributed by atoms with Gasteiger partial charge in [0.05, 0.1) is 5.69 Å². The summed E-state index contributed by atoms with van der Waals surface area (Å²) in [5.74, 6) is -0.190. The van der Waals surface area contributed by atoms with E-state index in [0.717, 1.165) is 21.5 Å². The van der Waals surface area contributed by atoms with E-state index in [9.17, 15) is 4.79 Å². The smallest absolute Gasteiger partial charge is 0.257 e. The van der Waals surface area contributed by atoms with Gasteiger partial charge in [0.1, 0.15) is 12.7 Å². The summed E-state index contributed by atoms with van der Waals surface area (Å²) in [6.07, 6.45) is 5.66. The molecule has 0 aliphatic rings. The van der Waals surface area contributed by atoms with Gasteiger partial charge < -0.3 is 0 Å². The summed E-state index contributed by atoms with van der Waals surface area (Å²) >= 11 is 4.91. The minimum atomic E-state index is -0.190. The number of rotatable bonds is 5. The van der Waals surface area contributed by atoms with Crippen molar-refractivity contribution in [3.8, 4) is 5.69 Å². The van der Waals surface area contributed by atoms with Gasteiger partial charge in [-0.25, -0.2) is 14.6 Å². The number of hydrogen-bond donors (Lipinski definition) is 1. The van der Waals surface area contributed by atoms with Gasteiger partial charge in [-0.3, -0.25) is 10.1 Å². The van der Waals surface area contributed by atoms with Gasteiger partial charge >= 0.3 is 0 Å². The quantitative estimate of drug-likeness (QED) is 0.502. The second-order valence-corrected chi connectivity index (χ2v) is 7.81. The Morgan fingerprint density at radius 2 is 1.89 bits per heavy atom. The van der Waals surface area contributed by atoms with E-state index in [-0.39, 0.29) is 5.91 Å². The number of hydrogen-bond acceptors (Lipinski definition) is 5. The molecule has 1 amide bonds. The molecule has 2 heterocycles.